The Kier molecular flexibility index (Phi) is 33.1. The zero-order valence-corrected chi connectivity index (χ0v) is 28.3. The molecule has 42 heavy (non-hydrogen) atoms. The van der Waals surface area contributed by atoms with Gasteiger partial charge in [0.05, 0.1) is 0 Å². The van der Waals surface area contributed by atoms with Crippen LogP contribution in [-0.2, 0) is 14.3 Å². The molecule has 0 spiro atoms. The Bertz CT molecular complexity index is 600. The SMILES string of the molecule is CCCC/C=C\CCCCCCCC(=O)OC(CCCCCCC)CCCCCCCCCCCCCCCC(=O)O. The summed E-state index contributed by atoms with van der Waals surface area (Å²) in [5.41, 5.74) is 0. The molecule has 0 saturated carbocycles. The zero-order chi connectivity index (χ0) is 30.8. The van der Waals surface area contributed by atoms with Crippen molar-refractivity contribution in [2.45, 2.75) is 219 Å². The van der Waals surface area contributed by atoms with Crippen LogP contribution < -0.4 is 0 Å². The average Bonchev–Trinajstić information content (AvgIpc) is 2.97. The van der Waals surface area contributed by atoms with Gasteiger partial charge in [-0.3, -0.25) is 9.59 Å². The third-order valence-electron chi connectivity index (χ3n) is 8.49. The summed E-state index contributed by atoms with van der Waals surface area (Å²) in [5.74, 6) is -0.632. The first-order chi connectivity index (χ1) is 20.6. The van der Waals surface area contributed by atoms with Crippen LogP contribution >= 0.6 is 0 Å². The van der Waals surface area contributed by atoms with E-state index >= 15 is 0 Å². The van der Waals surface area contributed by atoms with E-state index in [2.05, 4.69) is 26.0 Å². The molecule has 248 valence electrons. The molecular formula is C38H72O4. The van der Waals surface area contributed by atoms with Gasteiger partial charge in [0.15, 0.2) is 0 Å². The molecule has 1 N–H and O–H groups in total. The van der Waals surface area contributed by atoms with Crippen LogP contribution in [0.15, 0.2) is 12.2 Å². The molecule has 1 atom stereocenters. The summed E-state index contributed by atoms with van der Waals surface area (Å²) >= 11 is 0. The summed E-state index contributed by atoms with van der Waals surface area (Å²) in [5, 5.41) is 8.67. The first-order valence-electron chi connectivity index (χ1n) is 18.7. The van der Waals surface area contributed by atoms with Gasteiger partial charge in [0, 0.05) is 12.8 Å². The van der Waals surface area contributed by atoms with Crippen molar-refractivity contribution in [2.24, 2.45) is 0 Å². The number of carbonyl (C=O) groups is 2. The van der Waals surface area contributed by atoms with Gasteiger partial charge >= 0.3 is 11.9 Å². The van der Waals surface area contributed by atoms with Gasteiger partial charge in [-0.05, 0) is 57.8 Å². The molecule has 0 aromatic heterocycles. The summed E-state index contributed by atoms with van der Waals surface area (Å²) in [6.45, 7) is 4.50. The maximum absolute atomic E-state index is 12.6. The van der Waals surface area contributed by atoms with E-state index in [4.69, 9.17) is 9.84 Å². The predicted octanol–water partition coefficient (Wildman–Crippen LogP) is 12.7. The molecule has 0 aromatic rings. The minimum absolute atomic E-state index is 0.0349. The van der Waals surface area contributed by atoms with E-state index in [1.165, 1.54) is 148 Å². The van der Waals surface area contributed by atoms with Crippen molar-refractivity contribution in [3.05, 3.63) is 12.2 Å². The lowest BCUT2D eigenvalue weighted by molar-refractivity contribution is -0.150. The van der Waals surface area contributed by atoms with Crippen LogP contribution in [0, 0.1) is 0 Å². The Hall–Kier alpha value is -1.32. The molecule has 0 aliphatic rings. The second kappa shape index (κ2) is 34.2. The van der Waals surface area contributed by atoms with Crippen LogP contribution in [0.25, 0.3) is 0 Å². The number of esters is 1. The Morgan fingerprint density at radius 2 is 0.881 bits per heavy atom. The van der Waals surface area contributed by atoms with Crippen molar-refractivity contribution in [3.63, 3.8) is 0 Å². The highest BCUT2D eigenvalue weighted by Crippen LogP contribution is 2.19. The Balaban J connectivity index is 3.87. The van der Waals surface area contributed by atoms with Crippen LogP contribution in [0.3, 0.4) is 0 Å². The highest BCUT2D eigenvalue weighted by molar-refractivity contribution is 5.69. The van der Waals surface area contributed by atoms with Gasteiger partial charge in [-0.15, -0.1) is 0 Å². The normalized spacial score (nSPS) is 12.2. The largest absolute Gasteiger partial charge is 0.481 e. The van der Waals surface area contributed by atoms with E-state index < -0.39 is 5.97 Å². The molecule has 4 heteroatoms. The lowest BCUT2D eigenvalue weighted by Gasteiger charge is -2.18. The topological polar surface area (TPSA) is 63.6 Å². The van der Waals surface area contributed by atoms with Crippen molar-refractivity contribution in [3.8, 4) is 0 Å². The molecule has 0 fully saturated rings. The van der Waals surface area contributed by atoms with Gasteiger partial charge in [0.1, 0.15) is 6.10 Å². The Labute approximate surface area is 262 Å². The molecule has 0 rings (SSSR count). The van der Waals surface area contributed by atoms with Crippen molar-refractivity contribution < 1.29 is 19.4 Å². The number of carboxylic acids is 1. The summed E-state index contributed by atoms with van der Waals surface area (Å²) in [6, 6.07) is 0. The third-order valence-corrected chi connectivity index (χ3v) is 8.49. The van der Waals surface area contributed by atoms with Crippen LogP contribution in [0.5, 0.6) is 0 Å². The lowest BCUT2D eigenvalue weighted by atomic mass is 10.0. The van der Waals surface area contributed by atoms with E-state index in [0.717, 1.165) is 38.5 Å². The minimum atomic E-state index is -0.667. The van der Waals surface area contributed by atoms with Gasteiger partial charge in [-0.1, -0.05) is 154 Å². The number of unbranched alkanes of at least 4 members (excludes halogenated alkanes) is 23. The van der Waals surface area contributed by atoms with Gasteiger partial charge < -0.3 is 9.84 Å². The molecule has 0 aliphatic heterocycles. The second-order valence-corrected chi connectivity index (χ2v) is 12.8. The Morgan fingerprint density at radius 3 is 1.36 bits per heavy atom. The van der Waals surface area contributed by atoms with Crippen LogP contribution in [0.4, 0.5) is 0 Å². The first kappa shape index (κ1) is 40.7. The fraction of sp³-hybridized carbons (Fsp3) is 0.895. The monoisotopic (exact) mass is 593 g/mol. The number of carboxylic acid groups (broad SMARTS) is 1. The zero-order valence-electron chi connectivity index (χ0n) is 28.3. The number of ether oxygens (including phenoxy) is 1. The smallest absolute Gasteiger partial charge is 0.306 e. The predicted molar refractivity (Wildman–Crippen MR) is 181 cm³/mol. The third kappa shape index (κ3) is 33.2. The fourth-order valence-electron chi connectivity index (χ4n) is 5.69. The molecule has 0 bridgehead atoms. The summed E-state index contributed by atoms with van der Waals surface area (Å²) < 4.78 is 6.00. The Morgan fingerprint density at radius 1 is 0.500 bits per heavy atom. The molecule has 0 saturated heterocycles. The standard InChI is InChI=1S/C38H72O4/c1-3-5-7-9-10-11-15-20-23-27-31-35-38(41)42-36(32-28-24-8-6-4-2)33-29-25-21-18-16-13-12-14-17-19-22-26-30-34-37(39)40/h9-10,36H,3-8,11-35H2,1-2H3,(H,39,40)/b10-9-. The molecule has 1 unspecified atom stereocenters. The van der Waals surface area contributed by atoms with E-state index in [1.54, 1.807) is 0 Å². The van der Waals surface area contributed by atoms with E-state index in [0.29, 0.717) is 12.8 Å². The number of hydrogen-bond acceptors (Lipinski definition) is 3. The lowest BCUT2D eigenvalue weighted by Crippen LogP contribution is -2.18. The highest BCUT2D eigenvalue weighted by atomic mass is 16.5. The van der Waals surface area contributed by atoms with Crippen molar-refractivity contribution in [1.82, 2.24) is 0 Å². The molecule has 0 aliphatic carbocycles. The second-order valence-electron chi connectivity index (χ2n) is 12.8. The van der Waals surface area contributed by atoms with Crippen molar-refractivity contribution in [2.75, 3.05) is 0 Å². The minimum Gasteiger partial charge on any atom is -0.481 e. The van der Waals surface area contributed by atoms with Gasteiger partial charge in [-0.2, -0.15) is 0 Å². The van der Waals surface area contributed by atoms with E-state index in [9.17, 15) is 9.59 Å². The number of hydrogen-bond donors (Lipinski definition) is 1. The van der Waals surface area contributed by atoms with Gasteiger partial charge in [0.2, 0.25) is 0 Å². The molecule has 4 nitrogen and oxygen atoms in total. The molecule has 0 heterocycles. The maximum atomic E-state index is 12.6. The summed E-state index contributed by atoms with van der Waals surface area (Å²) in [7, 11) is 0. The number of allylic oxidation sites excluding steroid dienone is 2. The van der Waals surface area contributed by atoms with Crippen LogP contribution in [0.2, 0.25) is 0 Å². The van der Waals surface area contributed by atoms with Gasteiger partial charge in [0.25, 0.3) is 0 Å². The van der Waals surface area contributed by atoms with Crippen molar-refractivity contribution in [1.29, 1.82) is 0 Å². The quantitative estimate of drug-likeness (QED) is 0.0458. The van der Waals surface area contributed by atoms with Crippen molar-refractivity contribution >= 4 is 11.9 Å². The highest BCUT2D eigenvalue weighted by Gasteiger charge is 2.14. The van der Waals surface area contributed by atoms with E-state index in [-0.39, 0.29) is 12.1 Å². The number of aliphatic carboxylic acids is 1. The number of rotatable bonds is 34. The van der Waals surface area contributed by atoms with Crippen LogP contribution in [0.1, 0.15) is 213 Å². The molecular weight excluding hydrogens is 520 g/mol. The first-order valence-corrected chi connectivity index (χ1v) is 18.7. The van der Waals surface area contributed by atoms with Crippen LogP contribution in [-0.4, -0.2) is 23.1 Å². The summed E-state index contributed by atoms with van der Waals surface area (Å²) in [4.78, 5) is 23.1. The van der Waals surface area contributed by atoms with Gasteiger partial charge in [-0.25, -0.2) is 0 Å². The maximum Gasteiger partial charge on any atom is 0.306 e. The fourth-order valence-corrected chi connectivity index (χ4v) is 5.69. The molecule has 0 radical (unpaired) electrons. The average molecular weight is 593 g/mol. The number of carbonyl (C=O) groups excluding carboxylic acids is 1. The molecule has 0 aromatic carbocycles. The summed E-state index contributed by atoms with van der Waals surface area (Å²) in [6.07, 6.45) is 41.0. The van der Waals surface area contributed by atoms with E-state index in [1.807, 2.05) is 0 Å². The molecule has 0 amide bonds.